The van der Waals surface area contributed by atoms with E-state index in [0.29, 0.717) is 11.6 Å². The fraction of sp³-hybridized carbons (Fsp3) is 0.586. The summed E-state index contributed by atoms with van der Waals surface area (Å²) in [6.07, 6.45) is -5.61. The average molecular weight is 563 g/mol. The van der Waals surface area contributed by atoms with Crippen LogP contribution in [0.2, 0.25) is 0 Å². The van der Waals surface area contributed by atoms with Crippen LogP contribution in [0.25, 0.3) is 0 Å². The van der Waals surface area contributed by atoms with Crippen LogP contribution in [0.15, 0.2) is 48.5 Å². The second-order valence-corrected chi connectivity index (χ2v) is 18.7. The molecule has 0 spiro atoms. The molecule has 1 saturated carbocycles. The van der Waals surface area contributed by atoms with E-state index in [1.807, 2.05) is 0 Å². The van der Waals surface area contributed by atoms with Crippen molar-refractivity contribution in [2.24, 2.45) is 5.92 Å². The smallest absolute Gasteiger partial charge is 0.166 e. The van der Waals surface area contributed by atoms with E-state index in [-0.39, 0.29) is 16.0 Å². The third-order valence-corrected chi connectivity index (χ3v) is 14.4. The Labute approximate surface area is 220 Å². The standard InChI is InChI=1S/C29H38F6P2/c1-19(24-9-8-10-25(24)37(26(2,3)4)27(5,6)7)36(22-15-11-20(12-16-22)28(30,31)32)23-17-13-21(14-18-23)29(33,34)35/h11-19,24-25H,8-10H2,1-7H3/t19?,24?,25-/m0/s1. The first-order valence-corrected chi connectivity index (χ1v) is 15.6. The molecule has 206 valence electrons. The lowest BCUT2D eigenvalue weighted by molar-refractivity contribution is -0.138. The van der Waals surface area contributed by atoms with Gasteiger partial charge in [-0.15, -0.1) is 0 Å². The molecule has 0 heterocycles. The van der Waals surface area contributed by atoms with Gasteiger partial charge < -0.3 is 0 Å². The number of benzene rings is 2. The van der Waals surface area contributed by atoms with Gasteiger partial charge in [0.25, 0.3) is 0 Å². The first-order valence-electron chi connectivity index (χ1n) is 12.7. The summed E-state index contributed by atoms with van der Waals surface area (Å²) in [7, 11) is -1.57. The van der Waals surface area contributed by atoms with Crippen LogP contribution in [0.3, 0.4) is 0 Å². The van der Waals surface area contributed by atoms with Crippen molar-refractivity contribution < 1.29 is 26.3 Å². The number of rotatable bonds is 5. The van der Waals surface area contributed by atoms with E-state index in [1.165, 1.54) is 24.3 Å². The Hall–Kier alpha value is -1.12. The predicted molar refractivity (Wildman–Crippen MR) is 146 cm³/mol. The van der Waals surface area contributed by atoms with Gasteiger partial charge in [0.1, 0.15) is 0 Å². The van der Waals surface area contributed by atoms with Crippen LogP contribution in [0.5, 0.6) is 0 Å². The number of hydrogen-bond acceptors (Lipinski definition) is 0. The van der Waals surface area contributed by atoms with Crippen molar-refractivity contribution in [3.05, 3.63) is 59.7 Å². The Bertz CT molecular complexity index is 956. The molecule has 0 saturated heterocycles. The first-order chi connectivity index (χ1) is 16.8. The molecule has 3 rings (SSSR count). The van der Waals surface area contributed by atoms with Crippen LogP contribution >= 0.6 is 15.8 Å². The molecular weight excluding hydrogens is 524 g/mol. The van der Waals surface area contributed by atoms with Gasteiger partial charge in [-0.3, -0.25) is 0 Å². The molecule has 8 heteroatoms. The normalized spacial score (nSPS) is 20.6. The van der Waals surface area contributed by atoms with Gasteiger partial charge in [0.05, 0.1) is 11.1 Å². The maximum Gasteiger partial charge on any atom is 0.416 e. The van der Waals surface area contributed by atoms with Crippen LogP contribution in [0.1, 0.15) is 78.9 Å². The van der Waals surface area contributed by atoms with Crippen LogP contribution in [0.4, 0.5) is 26.3 Å². The monoisotopic (exact) mass is 562 g/mol. The molecule has 0 nitrogen and oxygen atoms in total. The Morgan fingerprint density at radius 1 is 0.649 bits per heavy atom. The molecule has 2 unspecified atom stereocenters. The zero-order valence-corrected chi connectivity index (χ0v) is 24.4. The fourth-order valence-electron chi connectivity index (χ4n) is 6.29. The summed E-state index contributed by atoms with van der Waals surface area (Å²) < 4.78 is 79.6. The molecule has 2 aromatic carbocycles. The summed E-state index contributed by atoms with van der Waals surface area (Å²) >= 11 is 0. The van der Waals surface area contributed by atoms with Crippen LogP contribution in [0, 0.1) is 5.92 Å². The molecule has 3 atom stereocenters. The minimum atomic E-state index is -4.44. The summed E-state index contributed by atoms with van der Waals surface area (Å²) in [5.41, 5.74) is -0.812. The van der Waals surface area contributed by atoms with Crippen molar-refractivity contribution in [1.82, 2.24) is 0 Å². The van der Waals surface area contributed by atoms with Gasteiger partial charge in [-0.1, -0.05) is 87.1 Å². The van der Waals surface area contributed by atoms with Crippen molar-refractivity contribution in [3.63, 3.8) is 0 Å². The first kappa shape index (κ1) is 30.4. The van der Waals surface area contributed by atoms with Gasteiger partial charge in [0.2, 0.25) is 0 Å². The lowest BCUT2D eigenvalue weighted by Crippen LogP contribution is -2.37. The topological polar surface area (TPSA) is 0 Å². The van der Waals surface area contributed by atoms with E-state index < -0.39 is 39.3 Å². The second-order valence-electron chi connectivity index (χ2n) is 12.1. The molecule has 0 radical (unpaired) electrons. The van der Waals surface area contributed by atoms with Crippen molar-refractivity contribution in [3.8, 4) is 0 Å². The largest absolute Gasteiger partial charge is 0.416 e. The SMILES string of the molecule is CC(C1CCC[C@@H]1P(C(C)(C)C)C(C)(C)C)P(c1ccc(C(F)(F)F)cc1)c1ccc(C(F)(F)F)cc1. The van der Waals surface area contributed by atoms with Crippen molar-refractivity contribution in [2.75, 3.05) is 0 Å². The quantitative estimate of drug-likeness (QED) is 0.251. The highest BCUT2D eigenvalue weighted by Gasteiger charge is 2.47. The van der Waals surface area contributed by atoms with Gasteiger partial charge in [-0.25, -0.2) is 0 Å². The van der Waals surface area contributed by atoms with Crippen LogP contribution < -0.4 is 10.6 Å². The lowest BCUT2D eigenvalue weighted by Gasteiger charge is -2.49. The maximum absolute atomic E-state index is 13.3. The van der Waals surface area contributed by atoms with E-state index in [4.69, 9.17) is 0 Å². The van der Waals surface area contributed by atoms with E-state index in [1.54, 1.807) is 0 Å². The predicted octanol–water partition coefficient (Wildman–Crippen LogP) is 9.79. The molecule has 0 amide bonds. The van der Waals surface area contributed by atoms with Crippen molar-refractivity contribution in [1.29, 1.82) is 0 Å². The zero-order chi connectivity index (χ0) is 28.0. The lowest BCUT2D eigenvalue weighted by atomic mass is 10.0. The van der Waals surface area contributed by atoms with Gasteiger partial charge in [0, 0.05) is 0 Å². The Morgan fingerprint density at radius 2 is 1.03 bits per heavy atom. The summed E-state index contributed by atoms with van der Waals surface area (Å²) in [6.45, 7) is 16.0. The summed E-state index contributed by atoms with van der Waals surface area (Å²) in [6, 6.07) is 10.5. The van der Waals surface area contributed by atoms with Gasteiger partial charge in [-0.2, -0.15) is 26.3 Å². The van der Waals surface area contributed by atoms with E-state index in [2.05, 4.69) is 48.5 Å². The van der Waals surface area contributed by atoms with Crippen LogP contribution in [-0.4, -0.2) is 21.6 Å². The van der Waals surface area contributed by atoms with E-state index >= 15 is 0 Å². The zero-order valence-electron chi connectivity index (χ0n) is 22.6. The maximum atomic E-state index is 13.3. The molecule has 2 aromatic rings. The van der Waals surface area contributed by atoms with Crippen molar-refractivity contribution in [2.45, 2.75) is 102 Å². The summed E-state index contributed by atoms with van der Waals surface area (Å²) in [5, 5.41) is 1.81. The highest BCUT2D eigenvalue weighted by atomic mass is 31.1. The molecule has 0 bridgehead atoms. The second kappa shape index (κ2) is 10.8. The molecule has 0 aliphatic heterocycles. The van der Waals surface area contributed by atoms with Crippen LogP contribution in [-0.2, 0) is 12.4 Å². The fourth-order valence-corrected chi connectivity index (χ4v) is 14.6. The molecule has 0 N–H and O–H groups in total. The minimum Gasteiger partial charge on any atom is -0.166 e. The third-order valence-electron chi connectivity index (χ3n) is 7.28. The third kappa shape index (κ3) is 7.10. The van der Waals surface area contributed by atoms with Gasteiger partial charge in [-0.05, 0) is 83.2 Å². The average Bonchev–Trinajstić information content (AvgIpc) is 3.20. The molecule has 0 aromatic heterocycles. The van der Waals surface area contributed by atoms with Crippen molar-refractivity contribution >= 4 is 26.5 Å². The summed E-state index contributed by atoms with van der Waals surface area (Å²) in [4.78, 5) is 0. The Balaban J connectivity index is 2.08. The Morgan fingerprint density at radius 3 is 1.35 bits per heavy atom. The van der Waals surface area contributed by atoms with E-state index in [0.717, 1.165) is 54.1 Å². The highest BCUT2D eigenvalue weighted by Crippen LogP contribution is 2.68. The van der Waals surface area contributed by atoms with Gasteiger partial charge >= 0.3 is 12.4 Å². The molecule has 1 fully saturated rings. The van der Waals surface area contributed by atoms with Gasteiger partial charge in [0.15, 0.2) is 0 Å². The molecule has 37 heavy (non-hydrogen) atoms. The molecule has 1 aliphatic carbocycles. The van der Waals surface area contributed by atoms with E-state index in [9.17, 15) is 26.3 Å². The molecule has 1 aliphatic rings. The molecular formula is C29H38F6P2. The Kier molecular flexibility index (Phi) is 8.88. The number of hydrogen-bond donors (Lipinski definition) is 0. The highest BCUT2D eigenvalue weighted by molar-refractivity contribution is 7.73. The number of alkyl halides is 6. The minimum absolute atomic E-state index is 0.116. The number of halogens is 6. The summed E-state index contributed by atoms with van der Waals surface area (Å²) in [5.74, 6) is 0.361.